The zero-order valence-corrected chi connectivity index (χ0v) is 17.3. The van der Waals surface area contributed by atoms with E-state index in [9.17, 15) is 0 Å². The number of hydrogen-bond donors (Lipinski definition) is 0. The highest BCUT2D eigenvalue weighted by molar-refractivity contribution is 5.14. The summed E-state index contributed by atoms with van der Waals surface area (Å²) in [7, 11) is 0. The van der Waals surface area contributed by atoms with Gasteiger partial charge < -0.3 is 0 Å². The van der Waals surface area contributed by atoms with Gasteiger partial charge in [-0.25, -0.2) is 4.68 Å². The molecule has 3 rings (SSSR count). The predicted octanol–water partition coefficient (Wildman–Crippen LogP) is 3.48. The van der Waals surface area contributed by atoms with Crippen LogP contribution in [0.1, 0.15) is 64.4 Å². The van der Waals surface area contributed by atoms with Crippen molar-refractivity contribution in [3.8, 4) is 0 Å². The first kappa shape index (κ1) is 20.0. The van der Waals surface area contributed by atoms with Crippen LogP contribution in [0.2, 0.25) is 0 Å². The molecule has 148 valence electrons. The number of aromatic nitrogens is 4. The van der Waals surface area contributed by atoms with E-state index >= 15 is 0 Å². The Hall–Kier alpha value is -1.79. The largest absolute Gasteiger partial charge is 0.297 e. The Morgan fingerprint density at radius 2 is 1.74 bits per heavy atom. The molecule has 6 heteroatoms. The molecule has 1 atom stereocenters. The second kappa shape index (κ2) is 8.93. The zero-order chi connectivity index (χ0) is 19.3. The average molecular weight is 371 g/mol. The van der Waals surface area contributed by atoms with Gasteiger partial charge in [-0.2, -0.15) is 0 Å². The summed E-state index contributed by atoms with van der Waals surface area (Å²) in [5.41, 5.74) is 1.34. The van der Waals surface area contributed by atoms with E-state index in [-0.39, 0.29) is 5.54 Å². The molecular weight excluding hydrogens is 336 g/mol. The van der Waals surface area contributed by atoms with Gasteiger partial charge in [-0.3, -0.25) is 9.80 Å². The minimum Gasteiger partial charge on any atom is -0.297 e. The van der Waals surface area contributed by atoms with Crippen molar-refractivity contribution < 1.29 is 0 Å². The molecule has 0 bridgehead atoms. The van der Waals surface area contributed by atoms with Crippen molar-refractivity contribution in [2.45, 2.75) is 65.1 Å². The van der Waals surface area contributed by atoms with E-state index in [0.717, 1.165) is 57.8 Å². The Morgan fingerprint density at radius 3 is 2.37 bits per heavy atom. The van der Waals surface area contributed by atoms with Gasteiger partial charge >= 0.3 is 0 Å². The fourth-order valence-corrected chi connectivity index (χ4v) is 3.81. The van der Waals surface area contributed by atoms with E-state index in [2.05, 4.69) is 88.0 Å². The minimum absolute atomic E-state index is 0.0556. The quantitative estimate of drug-likeness (QED) is 0.712. The molecule has 1 aliphatic heterocycles. The van der Waals surface area contributed by atoms with Crippen molar-refractivity contribution in [1.29, 1.82) is 0 Å². The first-order valence-corrected chi connectivity index (χ1v) is 10.3. The minimum atomic E-state index is -0.0556. The van der Waals surface area contributed by atoms with E-state index in [0.29, 0.717) is 6.04 Å². The molecule has 0 saturated carbocycles. The van der Waals surface area contributed by atoms with Gasteiger partial charge in [0.05, 0.1) is 11.6 Å². The predicted molar refractivity (Wildman–Crippen MR) is 108 cm³/mol. The molecule has 0 spiro atoms. The maximum absolute atomic E-state index is 4.46. The van der Waals surface area contributed by atoms with Crippen LogP contribution in [0.15, 0.2) is 30.3 Å². The van der Waals surface area contributed by atoms with Crippen molar-refractivity contribution in [1.82, 2.24) is 30.0 Å². The number of nitrogens with zero attached hydrogens (tertiary/aromatic N) is 6. The van der Waals surface area contributed by atoms with Crippen molar-refractivity contribution in [3.05, 3.63) is 41.7 Å². The van der Waals surface area contributed by atoms with Gasteiger partial charge in [0.15, 0.2) is 5.82 Å². The van der Waals surface area contributed by atoms with Crippen LogP contribution in [-0.4, -0.2) is 56.2 Å². The fourth-order valence-electron chi connectivity index (χ4n) is 3.81. The molecule has 0 amide bonds. The summed E-state index contributed by atoms with van der Waals surface area (Å²) >= 11 is 0. The van der Waals surface area contributed by atoms with Crippen LogP contribution < -0.4 is 0 Å². The summed E-state index contributed by atoms with van der Waals surface area (Å²) in [6.45, 7) is 14.2. The summed E-state index contributed by atoms with van der Waals surface area (Å²) in [6, 6.07) is 11.1. The van der Waals surface area contributed by atoms with Crippen molar-refractivity contribution >= 4 is 0 Å². The van der Waals surface area contributed by atoms with Crippen molar-refractivity contribution in [2.75, 3.05) is 26.2 Å². The fraction of sp³-hybridized carbons (Fsp3) is 0.667. The maximum atomic E-state index is 4.46. The number of rotatable bonds is 8. The summed E-state index contributed by atoms with van der Waals surface area (Å²) in [6.07, 6.45) is 3.24. The Morgan fingerprint density at radius 1 is 1.04 bits per heavy atom. The lowest BCUT2D eigenvalue weighted by Gasteiger charge is -2.39. The molecule has 2 aromatic rings. The summed E-state index contributed by atoms with van der Waals surface area (Å²) in [5, 5.41) is 12.8. The van der Waals surface area contributed by atoms with E-state index < -0.39 is 0 Å². The first-order chi connectivity index (χ1) is 13.0. The Kier molecular flexibility index (Phi) is 6.60. The van der Waals surface area contributed by atoms with Gasteiger partial charge in [0, 0.05) is 32.7 Å². The number of tetrazole rings is 1. The molecule has 1 fully saturated rings. The van der Waals surface area contributed by atoms with Gasteiger partial charge in [0.25, 0.3) is 0 Å². The smallest absolute Gasteiger partial charge is 0.168 e. The maximum Gasteiger partial charge on any atom is 0.168 e. The molecule has 1 aromatic carbocycles. The van der Waals surface area contributed by atoms with Crippen LogP contribution in [0.4, 0.5) is 0 Å². The summed E-state index contributed by atoms with van der Waals surface area (Å²) < 4.78 is 2.06. The highest BCUT2D eigenvalue weighted by Gasteiger charge is 2.32. The molecule has 2 heterocycles. The average Bonchev–Trinajstić information content (AvgIpc) is 3.18. The molecular formula is C21H34N6. The van der Waals surface area contributed by atoms with Crippen LogP contribution in [-0.2, 0) is 12.1 Å². The highest BCUT2D eigenvalue weighted by atomic mass is 15.6. The molecule has 6 nitrogen and oxygen atoms in total. The normalized spacial score (nSPS) is 17.9. The molecule has 0 radical (unpaired) electrons. The lowest BCUT2D eigenvalue weighted by Crippen LogP contribution is -2.48. The first-order valence-electron chi connectivity index (χ1n) is 10.3. The molecule has 0 N–H and O–H groups in total. The van der Waals surface area contributed by atoms with Gasteiger partial charge in [-0.15, -0.1) is 5.10 Å². The molecule has 1 saturated heterocycles. The second-order valence-corrected chi connectivity index (χ2v) is 8.22. The summed E-state index contributed by atoms with van der Waals surface area (Å²) in [4.78, 5) is 5.13. The van der Waals surface area contributed by atoms with E-state index in [1.54, 1.807) is 0 Å². The third kappa shape index (κ3) is 4.74. The third-order valence-corrected chi connectivity index (χ3v) is 5.89. The lowest BCUT2D eigenvalue weighted by atomic mass is 10.0. The van der Waals surface area contributed by atoms with Crippen molar-refractivity contribution in [2.24, 2.45) is 0 Å². The van der Waals surface area contributed by atoms with E-state index in [1.165, 1.54) is 5.56 Å². The molecule has 0 unspecified atom stereocenters. The molecule has 0 aliphatic carbocycles. The molecule has 1 aromatic heterocycles. The third-order valence-electron chi connectivity index (χ3n) is 5.89. The van der Waals surface area contributed by atoms with Crippen LogP contribution >= 0.6 is 0 Å². The van der Waals surface area contributed by atoms with E-state index in [1.807, 2.05) is 0 Å². The van der Waals surface area contributed by atoms with Gasteiger partial charge in [-0.05, 0) is 42.7 Å². The Labute approximate surface area is 163 Å². The topological polar surface area (TPSA) is 50.1 Å². The standard InChI is InChI=1S/C21H34N6/c1-5-10-19(20-22-23-24-27(20)21(3,4)6-2)26-15-13-25(14-16-26)17-18-11-8-7-9-12-18/h7-9,11-12,19H,5-6,10,13-17H2,1-4H3/t19-/m0/s1. The van der Waals surface area contributed by atoms with Crippen LogP contribution in [0.5, 0.6) is 0 Å². The summed E-state index contributed by atoms with van der Waals surface area (Å²) in [5.74, 6) is 1.03. The van der Waals surface area contributed by atoms with Crippen LogP contribution in [0.25, 0.3) is 0 Å². The Balaban J connectivity index is 1.68. The SMILES string of the molecule is CCC[C@@H](c1nnnn1C(C)(C)CC)N1CCN(Cc2ccccc2)CC1. The number of piperazine rings is 1. The van der Waals surface area contributed by atoms with Gasteiger partial charge in [0.2, 0.25) is 0 Å². The number of hydrogen-bond acceptors (Lipinski definition) is 5. The van der Waals surface area contributed by atoms with E-state index in [4.69, 9.17) is 0 Å². The highest BCUT2D eigenvalue weighted by Crippen LogP contribution is 2.29. The Bertz CT molecular complexity index is 688. The number of benzene rings is 1. The molecule has 1 aliphatic rings. The lowest BCUT2D eigenvalue weighted by molar-refractivity contribution is 0.0788. The van der Waals surface area contributed by atoms with Crippen LogP contribution in [0, 0.1) is 0 Å². The molecule has 27 heavy (non-hydrogen) atoms. The van der Waals surface area contributed by atoms with Gasteiger partial charge in [0.1, 0.15) is 0 Å². The van der Waals surface area contributed by atoms with Crippen LogP contribution in [0.3, 0.4) is 0 Å². The monoisotopic (exact) mass is 370 g/mol. The van der Waals surface area contributed by atoms with Crippen molar-refractivity contribution in [3.63, 3.8) is 0 Å². The zero-order valence-electron chi connectivity index (χ0n) is 17.3. The van der Waals surface area contributed by atoms with Gasteiger partial charge in [-0.1, -0.05) is 50.6 Å². The second-order valence-electron chi connectivity index (χ2n) is 8.22.